The number of carbonyl (C=O) groups excluding carboxylic acids is 2. The molecule has 0 bridgehead atoms. The largest absolute Gasteiger partial charge is 0.341 e. The third-order valence-corrected chi connectivity index (χ3v) is 5.34. The van der Waals surface area contributed by atoms with Crippen molar-refractivity contribution >= 4 is 23.6 Å². The van der Waals surface area contributed by atoms with Crippen LogP contribution in [0.2, 0.25) is 0 Å². The highest BCUT2D eigenvalue weighted by Gasteiger charge is 2.16. The molecule has 0 spiro atoms. The van der Waals surface area contributed by atoms with E-state index < -0.39 is 6.04 Å². The summed E-state index contributed by atoms with van der Waals surface area (Å²) in [6.45, 7) is 2.69. The fourth-order valence-corrected chi connectivity index (χ4v) is 3.59. The van der Waals surface area contributed by atoms with Crippen LogP contribution in [-0.4, -0.2) is 27.4 Å². The van der Waals surface area contributed by atoms with Gasteiger partial charge >= 0.3 is 0 Å². The number of imidazole rings is 1. The van der Waals surface area contributed by atoms with E-state index in [9.17, 15) is 9.59 Å². The molecule has 31 heavy (non-hydrogen) atoms. The minimum atomic E-state index is -0.660. The highest BCUT2D eigenvalue weighted by Crippen LogP contribution is 2.24. The van der Waals surface area contributed by atoms with Crippen molar-refractivity contribution < 1.29 is 9.59 Å². The lowest BCUT2D eigenvalue weighted by Crippen LogP contribution is -2.40. The van der Waals surface area contributed by atoms with E-state index in [0.29, 0.717) is 5.69 Å². The molecule has 2 N–H and O–H groups in total. The number of rotatable bonds is 6. The predicted molar refractivity (Wildman–Crippen MR) is 122 cm³/mol. The van der Waals surface area contributed by atoms with Crippen LogP contribution in [0.15, 0.2) is 66.9 Å². The molecule has 0 aliphatic carbocycles. The first-order valence-electron chi connectivity index (χ1n) is 10.6. The highest BCUT2D eigenvalue weighted by atomic mass is 16.2. The number of aryl methyl sites for hydroxylation is 2. The molecular formula is C25H26N4O2. The molecular weight excluding hydrogens is 388 g/mol. The van der Waals surface area contributed by atoms with Gasteiger partial charge in [0, 0.05) is 36.5 Å². The molecule has 1 unspecified atom stereocenters. The average Bonchev–Trinajstić information content (AvgIpc) is 3.23. The standard InChI is InChI=1S/C25H26N4O2/c1-18(26-24(30)15-10-19-7-3-2-4-8-19)25(31)27-21-13-11-20(12-14-21)22-17-29-16-6-5-9-23(29)28-22/h2-4,7-8,10-15,17-18H,5-6,9,16H2,1H3,(H,26,30)(H,27,31)/b15-10+. The van der Waals surface area contributed by atoms with E-state index in [1.807, 2.05) is 54.6 Å². The van der Waals surface area contributed by atoms with Crippen molar-refractivity contribution in [3.63, 3.8) is 0 Å². The van der Waals surface area contributed by atoms with Gasteiger partial charge in [-0.25, -0.2) is 4.98 Å². The van der Waals surface area contributed by atoms with E-state index in [1.54, 1.807) is 13.0 Å². The lowest BCUT2D eigenvalue weighted by Gasteiger charge is -2.13. The zero-order valence-corrected chi connectivity index (χ0v) is 17.5. The Balaban J connectivity index is 1.32. The summed E-state index contributed by atoms with van der Waals surface area (Å²) < 4.78 is 2.23. The topological polar surface area (TPSA) is 76.0 Å². The summed E-state index contributed by atoms with van der Waals surface area (Å²) in [6, 6.07) is 16.5. The van der Waals surface area contributed by atoms with Crippen LogP contribution < -0.4 is 10.6 Å². The Bertz CT molecular complexity index is 1060. The van der Waals surface area contributed by atoms with Crippen LogP contribution in [0.1, 0.15) is 31.2 Å². The Morgan fingerprint density at radius 1 is 1.06 bits per heavy atom. The molecule has 4 rings (SSSR count). The van der Waals surface area contributed by atoms with Crippen molar-refractivity contribution in [1.82, 2.24) is 14.9 Å². The van der Waals surface area contributed by atoms with Crippen LogP contribution in [0.3, 0.4) is 0 Å². The zero-order chi connectivity index (χ0) is 21.6. The molecule has 1 aromatic heterocycles. The average molecular weight is 415 g/mol. The van der Waals surface area contributed by atoms with Gasteiger partial charge in [-0.05, 0) is 43.5 Å². The van der Waals surface area contributed by atoms with E-state index in [4.69, 9.17) is 4.98 Å². The summed E-state index contributed by atoms with van der Waals surface area (Å²) in [5.41, 5.74) is 3.58. The highest BCUT2D eigenvalue weighted by molar-refractivity contribution is 5.99. The van der Waals surface area contributed by atoms with E-state index >= 15 is 0 Å². The number of anilines is 1. The Labute approximate surface area is 182 Å². The zero-order valence-electron chi connectivity index (χ0n) is 17.5. The van der Waals surface area contributed by atoms with Gasteiger partial charge in [0.1, 0.15) is 11.9 Å². The summed E-state index contributed by atoms with van der Waals surface area (Å²) in [6.07, 6.45) is 8.66. The van der Waals surface area contributed by atoms with Crippen molar-refractivity contribution in [1.29, 1.82) is 0 Å². The molecule has 0 fully saturated rings. The lowest BCUT2D eigenvalue weighted by molar-refractivity contribution is -0.123. The molecule has 3 aromatic rings. The second kappa shape index (κ2) is 9.43. The van der Waals surface area contributed by atoms with Crippen LogP contribution in [0.4, 0.5) is 5.69 Å². The molecule has 1 aliphatic heterocycles. The fourth-order valence-electron chi connectivity index (χ4n) is 3.59. The molecule has 2 heterocycles. The van der Waals surface area contributed by atoms with E-state index in [-0.39, 0.29) is 11.8 Å². The predicted octanol–water partition coefficient (Wildman–Crippen LogP) is 4.04. The number of amides is 2. The van der Waals surface area contributed by atoms with E-state index in [1.165, 1.54) is 18.9 Å². The summed E-state index contributed by atoms with van der Waals surface area (Å²) in [5, 5.41) is 5.53. The molecule has 6 heteroatoms. The Morgan fingerprint density at radius 3 is 2.58 bits per heavy atom. The summed E-state index contributed by atoms with van der Waals surface area (Å²) in [5.74, 6) is 0.557. The van der Waals surface area contributed by atoms with Crippen molar-refractivity contribution in [2.24, 2.45) is 0 Å². The van der Waals surface area contributed by atoms with Gasteiger partial charge in [-0.2, -0.15) is 0 Å². The van der Waals surface area contributed by atoms with Crippen LogP contribution in [0.5, 0.6) is 0 Å². The van der Waals surface area contributed by atoms with Crippen LogP contribution in [0, 0.1) is 0 Å². The van der Waals surface area contributed by atoms with Gasteiger partial charge in [-0.3, -0.25) is 9.59 Å². The van der Waals surface area contributed by atoms with Crippen LogP contribution in [0.25, 0.3) is 17.3 Å². The number of fused-ring (bicyclic) bond motifs is 1. The molecule has 1 atom stereocenters. The number of nitrogens with one attached hydrogen (secondary N) is 2. The first-order valence-corrected chi connectivity index (χ1v) is 10.6. The van der Waals surface area contributed by atoms with E-state index in [2.05, 4.69) is 21.4 Å². The van der Waals surface area contributed by atoms with Gasteiger partial charge in [0.15, 0.2) is 0 Å². The SMILES string of the molecule is CC(NC(=O)/C=C/c1ccccc1)C(=O)Nc1ccc(-c2cn3c(n2)CCCC3)cc1. The van der Waals surface area contributed by atoms with Crippen molar-refractivity contribution in [3.05, 3.63) is 78.3 Å². The normalized spacial score (nSPS) is 14.1. The van der Waals surface area contributed by atoms with Gasteiger partial charge in [0.25, 0.3) is 0 Å². The quantitative estimate of drug-likeness (QED) is 0.598. The van der Waals surface area contributed by atoms with Crippen molar-refractivity contribution in [3.8, 4) is 11.3 Å². The lowest BCUT2D eigenvalue weighted by atomic mass is 10.1. The minimum absolute atomic E-state index is 0.272. The van der Waals surface area contributed by atoms with Gasteiger partial charge in [-0.15, -0.1) is 0 Å². The third kappa shape index (κ3) is 5.28. The number of carbonyl (C=O) groups is 2. The van der Waals surface area contributed by atoms with Crippen molar-refractivity contribution in [2.75, 3.05) is 5.32 Å². The first-order chi connectivity index (χ1) is 15.1. The Kier molecular flexibility index (Phi) is 6.26. The van der Waals surface area contributed by atoms with Gasteiger partial charge in [0.2, 0.25) is 11.8 Å². The Morgan fingerprint density at radius 2 is 1.84 bits per heavy atom. The molecule has 1 aliphatic rings. The molecule has 6 nitrogen and oxygen atoms in total. The van der Waals surface area contributed by atoms with Crippen LogP contribution in [-0.2, 0) is 22.6 Å². The smallest absolute Gasteiger partial charge is 0.246 e. The summed E-state index contributed by atoms with van der Waals surface area (Å²) in [7, 11) is 0. The van der Waals surface area contributed by atoms with E-state index in [0.717, 1.165) is 35.6 Å². The number of benzene rings is 2. The number of hydrogen-bond donors (Lipinski definition) is 2. The molecule has 0 saturated carbocycles. The number of hydrogen-bond acceptors (Lipinski definition) is 3. The molecule has 0 saturated heterocycles. The van der Waals surface area contributed by atoms with Gasteiger partial charge < -0.3 is 15.2 Å². The number of aromatic nitrogens is 2. The molecule has 158 valence electrons. The second-order valence-electron chi connectivity index (χ2n) is 7.73. The molecule has 2 aromatic carbocycles. The van der Waals surface area contributed by atoms with Crippen LogP contribution >= 0.6 is 0 Å². The fraction of sp³-hybridized carbons (Fsp3) is 0.240. The first kappa shape index (κ1) is 20.6. The summed E-state index contributed by atoms with van der Waals surface area (Å²) in [4.78, 5) is 29.3. The third-order valence-electron chi connectivity index (χ3n) is 5.34. The maximum absolute atomic E-state index is 12.4. The Hall–Kier alpha value is -3.67. The maximum atomic E-state index is 12.4. The number of nitrogens with zero attached hydrogens (tertiary/aromatic N) is 2. The van der Waals surface area contributed by atoms with Crippen molar-refractivity contribution in [2.45, 2.75) is 38.8 Å². The monoisotopic (exact) mass is 414 g/mol. The van der Waals surface area contributed by atoms with Gasteiger partial charge in [-0.1, -0.05) is 42.5 Å². The van der Waals surface area contributed by atoms with Gasteiger partial charge in [0.05, 0.1) is 5.69 Å². The molecule has 2 amide bonds. The molecule has 0 radical (unpaired) electrons. The second-order valence-corrected chi connectivity index (χ2v) is 7.73. The summed E-state index contributed by atoms with van der Waals surface area (Å²) >= 11 is 0. The minimum Gasteiger partial charge on any atom is -0.341 e. The maximum Gasteiger partial charge on any atom is 0.246 e.